The van der Waals surface area contributed by atoms with Gasteiger partial charge in [0, 0.05) is 39.4 Å². The molecule has 4 N–H and O–H groups in total. The van der Waals surface area contributed by atoms with E-state index in [-0.39, 0.29) is 31.1 Å². The number of likely N-dealkylation sites (N-methyl/N-ethyl adjacent to an activating group) is 2. The fraction of sp³-hybridized carbons (Fsp3) is 0.639. The lowest BCUT2D eigenvalue weighted by Crippen LogP contribution is -2.55. The van der Waals surface area contributed by atoms with Crippen molar-refractivity contribution < 1.29 is 24.6 Å². The zero-order valence-corrected chi connectivity index (χ0v) is 27.4. The van der Waals surface area contributed by atoms with Crippen LogP contribution in [0.2, 0.25) is 0 Å². The van der Waals surface area contributed by atoms with E-state index in [1.165, 1.54) is 0 Å². The number of benzene rings is 1. The molecule has 0 aliphatic heterocycles. The molecule has 5 atom stereocenters. The second kappa shape index (κ2) is 20.6. The van der Waals surface area contributed by atoms with Gasteiger partial charge in [0.15, 0.2) is 0 Å². The number of hydrogen-bond acceptors (Lipinski definition) is 6. The normalized spacial score (nSPS) is 16.8. The van der Waals surface area contributed by atoms with Crippen molar-refractivity contribution in [1.29, 1.82) is 0 Å². The Morgan fingerprint density at radius 3 is 2.18 bits per heavy atom. The van der Waals surface area contributed by atoms with E-state index < -0.39 is 42.0 Å². The van der Waals surface area contributed by atoms with Crippen LogP contribution in [0.3, 0.4) is 0 Å². The molecule has 9 heteroatoms. The van der Waals surface area contributed by atoms with Gasteiger partial charge in [0.05, 0.1) is 18.1 Å². The van der Waals surface area contributed by atoms with Crippen LogP contribution in [0.5, 0.6) is 0 Å². The first kappa shape index (κ1) is 37.8. The highest BCUT2D eigenvalue weighted by atomic mass is 16.3. The molecule has 2 rings (SSSR count). The van der Waals surface area contributed by atoms with Crippen molar-refractivity contribution in [3.63, 3.8) is 0 Å². The average Bonchev–Trinajstić information content (AvgIpc) is 3.04. The van der Waals surface area contributed by atoms with E-state index in [2.05, 4.69) is 41.2 Å². The van der Waals surface area contributed by atoms with Crippen LogP contribution in [0.4, 0.5) is 0 Å². The molecule has 0 heterocycles. The van der Waals surface area contributed by atoms with Crippen molar-refractivity contribution in [2.45, 2.75) is 102 Å². The summed E-state index contributed by atoms with van der Waals surface area (Å²) in [7, 11) is 1.74. The van der Waals surface area contributed by atoms with Crippen molar-refractivity contribution in [3.8, 4) is 24.7 Å². The van der Waals surface area contributed by atoms with Gasteiger partial charge in [-0.25, -0.2) is 0 Å². The van der Waals surface area contributed by atoms with E-state index in [9.17, 15) is 24.6 Å². The lowest BCUT2D eigenvalue weighted by atomic mass is 9.82. The maximum Gasteiger partial charge on any atom is 0.243 e. The number of nitrogens with zero attached hydrogens (tertiary/aromatic N) is 2. The molecule has 0 aromatic heterocycles. The van der Waals surface area contributed by atoms with Gasteiger partial charge in [0.2, 0.25) is 17.7 Å². The minimum absolute atomic E-state index is 0.0266. The molecule has 0 saturated heterocycles. The maximum atomic E-state index is 13.7. The summed E-state index contributed by atoms with van der Waals surface area (Å²) in [6.45, 7) is 7.20. The number of hydrogen-bond donors (Lipinski definition) is 4. The van der Waals surface area contributed by atoms with Gasteiger partial charge in [-0.1, -0.05) is 76.3 Å². The van der Waals surface area contributed by atoms with Gasteiger partial charge in [0.25, 0.3) is 0 Å². The smallest absolute Gasteiger partial charge is 0.243 e. The molecule has 1 aliphatic rings. The summed E-state index contributed by atoms with van der Waals surface area (Å²) in [6, 6.07) is 7.60. The highest BCUT2D eigenvalue weighted by Gasteiger charge is 2.33. The molecule has 1 fully saturated rings. The molecule has 0 bridgehead atoms. The Bertz CT molecular complexity index is 1120. The van der Waals surface area contributed by atoms with Crippen LogP contribution in [0, 0.1) is 36.5 Å². The molecule has 1 saturated carbocycles. The number of carbonyl (C=O) groups is 3. The molecule has 0 spiro atoms. The summed E-state index contributed by atoms with van der Waals surface area (Å²) < 4.78 is 0. The number of terminal acetylenes is 2. The van der Waals surface area contributed by atoms with Crippen LogP contribution in [-0.2, 0) is 20.8 Å². The molecule has 3 amide bonds. The summed E-state index contributed by atoms with van der Waals surface area (Å²) in [5, 5.41) is 27.1. The highest BCUT2D eigenvalue weighted by molar-refractivity contribution is 5.91. The van der Waals surface area contributed by atoms with E-state index in [1.54, 1.807) is 11.9 Å². The molecular weight excluding hydrogens is 568 g/mol. The molecule has 45 heavy (non-hydrogen) atoms. The van der Waals surface area contributed by atoms with Crippen molar-refractivity contribution in [1.82, 2.24) is 20.4 Å². The van der Waals surface area contributed by atoms with Crippen molar-refractivity contribution in [2.24, 2.45) is 11.8 Å². The molecule has 1 aliphatic carbocycles. The topological polar surface area (TPSA) is 122 Å². The van der Waals surface area contributed by atoms with E-state index in [1.807, 2.05) is 30.3 Å². The second-order valence-electron chi connectivity index (χ2n) is 12.2. The summed E-state index contributed by atoms with van der Waals surface area (Å²) in [4.78, 5) is 44.5. The molecule has 0 radical (unpaired) electrons. The lowest BCUT2D eigenvalue weighted by Gasteiger charge is -2.33. The Hall–Kier alpha value is -3.37. The molecule has 9 nitrogen and oxygen atoms in total. The summed E-state index contributed by atoms with van der Waals surface area (Å²) in [6.07, 6.45) is 14.4. The first-order valence-corrected chi connectivity index (χ1v) is 16.5. The number of nitrogens with one attached hydrogen (secondary N) is 2. The van der Waals surface area contributed by atoms with Gasteiger partial charge in [-0.2, -0.15) is 0 Å². The fourth-order valence-corrected chi connectivity index (χ4v) is 5.95. The second-order valence-corrected chi connectivity index (χ2v) is 12.2. The third kappa shape index (κ3) is 13.3. The van der Waals surface area contributed by atoms with E-state index in [0.29, 0.717) is 19.4 Å². The third-order valence-corrected chi connectivity index (χ3v) is 8.92. The van der Waals surface area contributed by atoms with Crippen LogP contribution in [0.15, 0.2) is 30.3 Å². The monoisotopic (exact) mass is 622 g/mol. The minimum Gasteiger partial charge on any atom is -0.389 e. The number of aliphatic hydroxyl groups is 2. The average molecular weight is 623 g/mol. The first-order chi connectivity index (χ1) is 21.6. The zero-order chi connectivity index (χ0) is 33.2. The van der Waals surface area contributed by atoms with Crippen molar-refractivity contribution >= 4 is 17.7 Å². The third-order valence-electron chi connectivity index (χ3n) is 8.92. The van der Waals surface area contributed by atoms with Gasteiger partial charge in [-0.3, -0.25) is 14.4 Å². The van der Waals surface area contributed by atoms with Crippen LogP contribution in [0.1, 0.15) is 77.2 Å². The predicted molar refractivity (Wildman–Crippen MR) is 178 cm³/mol. The standard InChI is InChI=1S/C36H54N4O5/c1-6-16-30(36(45)38-31(34(43)32(41)17-7-2)25-28-20-14-11-15-21-28)37-35(44)29(24-27-18-12-10-13-19-27)26-33(42)39(5)22-23-40(8-3)9-4/h1-2,10,12-13,18-19,28-32,34,41,43H,8-9,11,14-17,20-26H2,3-5H3,(H,37,44)(H,38,45)/t29-,30+,31+,32+,34-/m1/s1. The number of amides is 3. The molecule has 1 aromatic rings. The van der Waals surface area contributed by atoms with E-state index in [0.717, 1.165) is 57.3 Å². The maximum absolute atomic E-state index is 13.7. The summed E-state index contributed by atoms with van der Waals surface area (Å²) in [5.74, 6) is 3.24. The quantitative estimate of drug-likeness (QED) is 0.176. The summed E-state index contributed by atoms with van der Waals surface area (Å²) >= 11 is 0. The zero-order valence-electron chi connectivity index (χ0n) is 27.4. The minimum atomic E-state index is -1.27. The Morgan fingerprint density at radius 2 is 1.58 bits per heavy atom. The Balaban J connectivity index is 2.20. The number of carbonyl (C=O) groups excluding carboxylic acids is 3. The first-order valence-electron chi connectivity index (χ1n) is 16.5. The molecule has 0 unspecified atom stereocenters. The van der Waals surface area contributed by atoms with Gasteiger partial charge < -0.3 is 30.6 Å². The van der Waals surface area contributed by atoms with Crippen molar-refractivity contribution in [2.75, 3.05) is 33.2 Å². The van der Waals surface area contributed by atoms with E-state index >= 15 is 0 Å². The summed E-state index contributed by atoms with van der Waals surface area (Å²) in [5.41, 5.74) is 0.896. The SMILES string of the molecule is C#CC[C@H](NC(=O)[C@@H](CC(=O)N(C)CCN(CC)CC)Cc1ccccc1)C(=O)N[C@@H](CC1CCCCC1)[C@@H](O)[C@@H](O)CC#C. The molecule has 248 valence electrons. The van der Waals surface area contributed by atoms with Crippen LogP contribution in [0.25, 0.3) is 0 Å². The van der Waals surface area contributed by atoms with Gasteiger partial charge in [-0.05, 0) is 37.4 Å². The highest BCUT2D eigenvalue weighted by Crippen LogP contribution is 2.28. The molecule has 1 aromatic carbocycles. The Labute approximate surface area is 270 Å². The van der Waals surface area contributed by atoms with E-state index in [4.69, 9.17) is 12.8 Å². The lowest BCUT2D eigenvalue weighted by molar-refractivity contribution is -0.137. The van der Waals surface area contributed by atoms with Gasteiger partial charge >= 0.3 is 0 Å². The van der Waals surface area contributed by atoms with Crippen LogP contribution >= 0.6 is 0 Å². The Kier molecular flexibility index (Phi) is 17.3. The fourth-order valence-electron chi connectivity index (χ4n) is 5.95. The predicted octanol–water partition coefficient (Wildman–Crippen LogP) is 2.74. The van der Waals surface area contributed by atoms with Crippen molar-refractivity contribution in [3.05, 3.63) is 35.9 Å². The Morgan fingerprint density at radius 1 is 0.933 bits per heavy atom. The largest absolute Gasteiger partial charge is 0.389 e. The van der Waals surface area contributed by atoms with Crippen LogP contribution in [-0.4, -0.2) is 95.3 Å². The van der Waals surface area contributed by atoms with Gasteiger partial charge in [0.1, 0.15) is 12.1 Å². The van der Waals surface area contributed by atoms with Gasteiger partial charge in [-0.15, -0.1) is 24.7 Å². The number of aliphatic hydroxyl groups excluding tert-OH is 2. The number of rotatable bonds is 19. The van der Waals surface area contributed by atoms with Crippen LogP contribution < -0.4 is 10.6 Å². The molecular formula is C36H54N4O5.